The Morgan fingerprint density at radius 3 is 2.74 bits per heavy atom. The second-order valence-corrected chi connectivity index (χ2v) is 11.2. The predicted octanol–water partition coefficient (Wildman–Crippen LogP) is 1.56. The second kappa shape index (κ2) is 11.0. The average molecular weight is 573 g/mol. The maximum absolute atomic E-state index is 12.9. The van der Waals surface area contributed by atoms with Crippen LogP contribution in [0.15, 0.2) is 58.2 Å². The fourth-order valence-corrected chi connectivity index (χ4v) is 7.12. The van der Waals surface area contributed by atoms with E-state index in [1.165, 1.54) is 33.1 Å². The maximum Gasteiger partial charge on any atom is 0.353 e. The maximum atomic E-state index is 12.9. The van der Waals surface area contributed by atoms with E-state index in [4.69, 9.17) is 4.74 Å². The Hall–Kier alpha value is -3.69. The number of carbonyl (C=O) groups is 4. The first kappa shape index (κ1) is 25.9. The van der Waals surface area contributed by atoms with Crippen LogP contribution in [0.3, 0.4) is 0 Å². The van der Waals surface area contributed by atoms with Crippen LogP contribution in [0.2, 0.25) is 0 Å². The number of carboxylic acids is 1. The number of ether oxygens (including phenoxy) is 1. The van der Waals surface area contributed by atoms with Crippen molar-refractivity contribution in [1.82, 2.24) is 30.4 Å². The van der Waals surface area contributed by atoms with Crippen molar-refractivity contribution in [2.75, 3.05) is 11.5 Å². The molecule has 0 aliphatic carbocycles. The molecule has 1 unspecified atom stereocenters. The van der Waals surface area contributed by atoms with E-state index in [0.717, 1.165) is 11.3 Å². The Morgan fingerprint density at radius 1 is 1.24 bits per heavy atom. The number of fused-ring (bicyclic) bond motifs is 1. The van der Waals surface area contributed by atoms with E-state index >= 15 is 0 Å². The summed E-state index contributed by atoms with van der Waals surface area (Å²) >= 11 is 3.82. The highest BCUT2D eigenvalue weighted by atomic mass is 32.2. The Balaban J connectivity index is 1.22. The monoisotopic (exact) mass is 572 g/mol. The number of benzene rings is 1. The lowest BCUT2D eigenvalue weighted by Gasteiger charge is -2.49. The van der Waals surface area contributed by atoms with E-state index in [9.17, 15) is 24.3 Å². The average Bonchev–Trinajstić information content (AvgIpc) is 3.54. The number of para-hydroxylation sites is 1. The summed E-state index contributed by atoms with van der Waals surface area (Å²) in [4.78, 5) is 51.9. The Labute approximate surface area is 228 Å². The van der Waals surface area contributed by atoms with Crippen LogP contribution in [-0.2, 0) is 27.9 Å². The zero-order chi connectivity index (χ0) is 26.8. The molecule has 2 aliphatic rings. The molecule has 5 rings (SSSR count). The summed E-state index contributed by atoms with van der Waals surface area (Å²) in [5, 5.41) is 25.4. The van der Waals surface area contributed by atoms with Crippen molar-refractivity contribution in [3.8, 4) is 5.75 Å². The number of thioether (sulfide) groups is 2. The summed E-state index contributed by atoms with van der Waals surface area (Å²) in [5.41, 5.74) is 0.984. The quantitative estimate of drug-likeness (QED) is 0.166. The first-order chi connectivity index (χ1) is 18.3. The SMILES string of the molecule is Cn1nnnc1SCC1=C(C(=O)O)N2C(=O)C(NC(=O)Cc3ccsc3C(=O)Oc3ccccc3)[C@H]2SC1. The van der Waals surface area contributed by atoms with E-state index < -0.39 is 35.2 Å². The highest BCUT2D eigenvalue weighted by Gasteiger charge is 2.54. The highest BCUT2D eigenvalue weighted by Crippen LogP contribution is 2.41. The summed E-state index contributed by atoms with van der Waals surface area (Å²) in [7, 11) is 1.68. The van der Waals surface area contributed by atoms with E-state index in [2.05, 4.69) is 20.8 Å². The first-order valence-corrected chi connectivity index (χ1v) is 14.1. The second-order valence-electron chi connectivity index (χ2n) is 8.24. The van der Waals surface area contributed by atoms with Crippen LogP contribution < -0.4 is 10.1 Å². The van der Waals surface area contributed by atoms with Crippen molar-refractivity contribution in [3.05, 3.63) is 63.5 Å². The summed E-state index contributed by atoms with van der Waals surface area (Å²) < 4.78 is 6.85. The molecule has 1 saturated heterocycles. The van der Waals surface area contributed by atoms with Gasteiger partial charge in [0.15, 0.2) is 0 Å². The van der Waals surface area contributed by atoms with Gasteiger partial charge in [-0.2, -0.15) is 0 Å². The Kier molecular flexibility index (Phi) is 7.49. The Morgan fingerprint density at radius 2 is 2.03 bits per heavy atom. The van der Waals surface area contributed by atoms with Crippen LogP contribution in [0.1, 0.15) is 15.2 Å². The van der Waals surface area contributed by atoms with Gasteiger partial charge < -0.3 is 15.2 Å². The summed E-state index contributed by atoms with van der Waals surface area (Å²) in [5.74, 6) is -1.65. The van der Waals surface area contributed by atoms with Gasteiger partial charge in [-0.15, -0.1) is 28.2 Å². The number of carboxylic acid groups (broad SMARTS) is 1. The molecule has 2 aliphatic heterocycles. The molecule has 3 aromatic rings. The molecule has 1 fully saturated rings. The van der Waals surface area contributed by atoms with Crippen LogP contribution >= 0.6 is 34.9 Å². The zero-order valence-electron chi connectivity index (χ0n) is 19.8. The molecule has 4 heterocycles. The number of esters is 1. The topological polar surface area (TPSA) is 157 Å². The molecule has 2 amide bonds. The largest absolute Gasteiger partial charge is 0.477 e. The fraction of sp³-hybridized carbons (Fsp3) is 0.261. The highest BCUT2D eigenvalue weighted by molar-refractivity contribution is 8.01. The number of amides is 2. The van der Waals surface area contributed by atoms with Crippen molar-refractivity contribution in [2.45, 2.75) is 23.0 Å². The van der Waals surface area contributed by atoms with Gasteiger partial charge in [-0.1, -0.05) is 30.0 Å². The van der Waals surface area contributed by atoms with Crippen molar-refractivity contribution in [3.63, 3.8) is 0 Å². The van der Waals surface area contributed by atoms with Gasteiger partial charge in [0.05, 0.1) is 6.42 Å². The minimum absolute atomic E-state index is 0.0735. The molecule has 2 N–H and O–H groups in total. The van der Waals surface area contributed by atoms with Crippen molar-refractivity contribution >= 4 is 58.6 Å². The molecule has 0 bridgehead atoms. The smallest absolute Gasteiger partial charge is 0.353 e. The van der Waals surface area contributed by atoms with Gasteiger partial charge in [0.1, 0.15) is 27.7 Å². The van der Waals surface area contributed by atoms with Gasteiger partial charge >= 0.3 is 11.9 Å². The number of carbonyl (C=O) groups excluding carboxylic acids is 3. The minimum atomic E-state index is -1.21. The van der Waals surface area contributed by atoms with Crippen LogP contribution in [0, 0.1) is 0 Å². The fourth-order valence-electron chi connectivity index (χ4n) is 3.98. The van der Waals surface area contributed by atoms with E-state index in [-0.39, 0.29) is 12.1 Å². The third kappa shape index (κ3) is 5.16. The normalized spacial score (nSPS) is 18.6. The van der Waals surface area contributed by atoms with E-state index in [1.807, 2.05) is 0 Å². The van der Waals surface area contributed by atoms with Gasteiger partial charge in [0, 0.05) is 18.6 Å². The zero-order valence-corrected chi connectivity index (χ0v) is 22.2. The lowest BCUT2D eigenvalue weighted by Crippen LogP contribution is -2.70. The summed E-state index contributed by atoms with van der Waals surface area (Å²) in [6, 6.07) is 9.41. The number of hydrogen-bond acceptors (Lipinski definition) is 11. The molecule has 0 spiro atoms. The molecule has 0 saturated carbocycles. The molecule has 196 valence electrons. The van der Waals surface area contributed by atoms with Gasteiger partial charge in [0.25, 0.3) is 5.91 Å². The number of rotatable bonds is 9. The number of aryl methyl sites for hydroxylation is 1. The lowest BCUT2D eigenvalue weighted by molar-refractivity contribution is -0.150. The molecule has 1 aromatic carbocycles. The van der Waals surface area contributed by atoms with Crippen LogP contribution in [0.25, 0.3) is 0 Å². The number of β-lactam (4-membered cyclic amide) rings is 1. The number of nitrogens with one attached hydrogen (secondary N) is 1. The number of tetrazole rings is 1. The number of thiophene rings is 1. The number of nitrogens with zero attached hydrogens (tertiary/aromatic N) is 5. The lowest BCUT2D eigenvalue weighted by atomic mass is 10.0. The van der Waals surface area contributed by atoms with Crippen molar-refractivity contribution in [2.24, 2.45) is 7.05 Å². The molecular formula is C23H20N6O6S3. The number of aliphatic carboxylic acids is 1. The molecule has 2 atom stereocenters. The molecule has 38 heavy (non-hydrogen) atoms. The number of aromatic nitrogens is 4. The first-order valence-electron chi connectivity index (χ1n) is 11.2. The molecule has 2 aromatic heterocycles. The van der Waals surface area contributed by atoms with Gasteiger partial charge in [-0.25, -0.2) is 14.3 Å². The van der Waals surface area contributed by atoms with E-state index in [0.29, 0.717) is 38.4 Å². The molecule has 15 heteroatoms. The predicted molar refractivity (Wildman–Crippen MR) is 139 cm³/mol. The minimum Gasteiger partial charge on any atom is -0.477 e. The van der Waals surface area contributed by atoms with E-state index in [1.54, 1.807) is 48.8 Å². The third-order valence-electron chi connectivity index (χ3n) is 5.76. The van der Waals surface area contributed by atoms with Crippen molar-refractivity contribution < 1.29 is 29.0 Å². The molecule has 0 radical (unpaired) electrons. The van der Waals surface area contributed by atoms with Gasteiger partial charge in [-0.3, -0.25) is 14.5 Å². The standard InChI is InChI=1S/C23H20N6O6S3/c1-28-23(25-26-27-28)38-11-13-10-37-20-16(19(31)29(20)17(13)21(32)33)24-15(30)9-12-7-8-36-18(12)22(34)35-14-5-3-2-4-6-14/h2-8,16,20H,9-11H2,1H3,(H,24,30)(H,32,33)/t16?,20-/m1/s1. The van der Waals surface area contributed by atoms with Crippen LogP contribution in [-0.4, -0.2) is 76.9 Å². The van der Waals surface area contributed by atoms with Crippen LogP contribution in [0.5, 0.6) is 5.75 Å². The van der Waals surface area contributed by atoms with Crippen molar-refractivity contribution in [1.29, 1.82) is 0 Å². The number of hydrogen-bond donors (Lipinski definition) is 2. The molecular weight excluding hydrogens is 552 g/mol. The van der Waals surface area contributed by atoms with Gasteiger partial charge in [-0.05, 0) is 45.1 Å². The Bertz CT molecular complexity index is 1440. The van der Waals surface area contributed by atoms with Gasteiger partial charge in [0.2, 0.25) is 11.1 Å². The third-order valence-corrected chi connectivity index (χ3v) is 9.13. The summed E-state index contributed by atoms with van der Waals surface area (Å²) in [6.45, 7) is 0. The summed E-state index contributed by atoms with van der Waals surface area (Å²) in [6.07, 6.45) is -0.126. The van der Waals surface area contributed by atoms with Crippen LogP contribution in [0.4, 0.5) is 0 Å². The molecule has 12 nitrogen and oxygen atoms in total.